The molecular formula is C25H51OP3. The molecule has 1 saturated carbocycles. The Balaban J connectivity index is 3.40. The summed E-state index contributed by atoms with van der Waals surface area (Å²) in [6.07, 6.45) is 18.2. The molecule has 0 bridgehead atoms. The number of rotatable bonds is 10. The van der Waals surface area contributed by atoms with Crippen molar-refractivity contribution in [2.24, 2.45) is 17.3 Å². The minimum absolute atomic E-state index is 0.118. The summed E-state index contributed by atoms with van der Waals surface area (Å²) in [5.41, 5.74) is 1.49. The summed E-state index contributed by atoms with van der Waals surface area (Å²) < 4.78 is 7.09. The lowest BCUT2D eigenvalue weighted by Crippen LogP contribution is -2.36. The number of hydrogen-bond donors (Lipinski definition) is 0. The third-order valence-electron chi connectivity index (χ3n) is 8.51. The van der Waals surface area contributed by atoms with Gasteiger partial charge in [0.1, 0.15) is 0 Å². The van der Waals surface area contributed by atoms with Gasteiger partial charge in [-0.25, -0.2) is 0 Å². The van der Waals surface area contributed by atoms with Crippen molar-refractivity contribution in [1.82, 2.24) is 0 Å². The quantitative estimate of drug-likeness (QED) is 0.238. The first-order valence-electron chi connectivity index (χ1n) is 11.4. The van der Waals surface area contributed by atoms with Gasteiger partial charge in [-0.2, -0.15) is 0 Å². The van der Waals surface area contributed by atoms with E-state index in [1.807, 2.05) is 0 Å². The summed E-state index contributed by atoms with van der Waals surface area (Å²) in [5.74, 6) is 3.30. The zero-order valence-corrected chi connectivity index (χ0v) is 24.0. The van der Waals surface area contributed by atoms with Crippen molar-refractivity contribution in [1.29, 1.82) is 0 Å². The molecule has 1 aliphatic rings. The molecule has 0 aromatic rings. The lowest BCUT2D eigenvalue weighted by molar-refractivity contribution is -0.0299. The van der Waals surface area contributed by atoms with Gasteiger partial charge in [0.15, 0.2) is 0 Å². The van der Waals surface area contributed by atoms with Crippen molar-refractivity contribution >= 4 is 39.6 Å². The summed E-state index contributed by atoms with van der Waals surface area (Å²) in [6.45, 7) is 23.8. The van der Waals surface area contributed by atoms with E-state index in [1.165, 1.54) is 35.9 Å². The van der Waals surface area contributed by atoms with Crippen molar-refractivity contribution in [3.63, 3.8) is 0 Å². The van der Waals surface area contributed by atoms with Gasteiger partial charge in [0.2, 0.25) is 0 Å². The van der Waals surface area contributed by atoms with Gasteiger partial charge >= 0.3 is 0 Å². The molecule has 0 heterocycles. The average molecular weight is 461 g/mol. The van der Waals surface area contributed by atoms with Crippen LogP contribution in [0.2, 0.25) is 0 Å². The molecule has 0 aromatic carbocycles. The van der Waals surface area contributed by atoms with Crippen LogP contribution in [0.4, 0.5) is 0 Å². The Morgan fingerprint density at radius 3 is 1.79 bits per heavy atom. The highest BCUT2D eigenvalue weighted by atomic mass is 31.2. The van der Waals surface area contributed by atoms with Crippen LogP contribution in [0.5, 0.6) is 0 Å². The molecule has 29 heavy (non-hydrogen) atoms. The first kappa shape index (κ1) is 27.6. The van der Waals surface area contributed by atoms with Gasteiger partial charge in [-0.05, 0) is 73.6 Å². The lowest BCUT2D eigenvalue weighted by atomic mass is 9.77. The molecule has 0 spiro atoms. The fourth-order valence-electron chi connectivity index (χ4n) is 4.57. The maximum Gasteiger partial charge on any atom is 0.0828 e. The topological polar surface area (TPSA) is 9.23 Å². The van der Waals surface area contributed by atoms with E-state index in [2.05, 4.69) is 81.9 Å². The summed E-state index contributed by atoms with van der Waals surface area (Å²) in [7, 11) is 0. The second-order valence-electron chi connectivity index (χ2n) is 11.2. The predicted octanol–water partition coefficient (Wildman–Crippen LogP) is 7.93. The second-order valence-corrected chi connectivity index (χ2v) is 24.7. The van der Waals surface area contributed by atoms with E-state index >= 15 is 0 Å². The molecule has 0 amide bonds. The van der Waals surface area contributed by atoms with Crippen LogP contribution < -0.4 is 0 Å². The Morgan fingerprint density at radius 2 is 1.45 bits per heavy atom. The maximum absolute atomic E-state index is 7.09. The largest absolute Gasteiger partial charge is 0.363 e. The average Bonchev–Trinajstić information content (AvgIpc) is 2.75. The van der Waals surface area contributed by atoms with Crippen LogP contribution in [0, 0.1) is 17.3 Å². The molecule has 0 N–H and O–H groups in total. The number of ether oxygens (including phenoxy) is 1. The standard InChI is InChI=1S/C25H51OP3/c1-15-27(11,12)18-29(14,19-28(13,16-2)17-3)25(9,10)26-23-20(4)21(5)24(7,8)22(23)6/h21-23H,4,11,13-19H2,1-3,5-10,12H3/t21-,22-,23+,27?,29?/m1/s1. The Kier molecular flexibility index (Phi) is 8.79. The zero-order chi connectivity index (χ0) is 23.1. The van der Waals surface area contributed by atoms with Gasteiger partial charge in [-0.15, -0.1) is 26.4 Å². The van der Waals surface area contributed by atoms with E-state index in [0.29, 0.717) is 11.8 Å². The van der Waals surface area contributed by atoms with Gasteiger partial charge in [-0.3, -0.25) is 0 Å². The van der Waals surface area contributed by atoms with Crippen LogP contribution in [-0.4, -0.2) is 67.3 Å². The highest BCUT2D eigenvalue weighted by Crippen LogP contribution is 2.73. The lowest BCUT2D eigenvalue weighted by Gasteiger charge is -2.47. The Labute approximate surface area is 184 Å². The smallest absolute Gasteiger partial charge is 0.0828 e. The van der Waals surface area contributed by atoms with Crippen LogP contribution in [-0.2, 0) is 4.74 Å². The Bertz CT molecular complexity index is 735. The minimum Gasteiger partial charge on any atom is -0.363 e. The highest BCUT2D eigenvalue weighted by molar-refractivity contribution is 7.96. The molecule has 0 saturated heterocycles. The molecule has 0 radical (unpaired) electrons. The summed E-state index contributed by atoms with van der Waals surface area (Å²) in [6, 6.07) is 0. The Hall–Kier alpha value is 0.600. The number of hydrogen-bond acceptors (Lipinski definition) is 1. The fourth-order valence-corrected chi connectivity index (χ4v) is 21.5. The predicted molar refractivity (Wildman–Crippen MR) is 150 cm³/mol. The monoisotopic (exact) mass is 460 g/mol. The van der Waals surface area contributed by atoms with E-state index in [9.17, 15) is 0 Å². The second kappa shape index (κ2) is 9.22. The Morgan fingerprint density at radius 1 is 0.966 bits per heavy atom. The SMILES string of the molecule is C=C1[C@@H](C)C(C)(C)[C@H](C)[C@H]1OC(C)(C)P(=C)(CP(=C)(C)CC)CP(=C)(CC)CC. The maximum atomic E-state index is 7.09. The van der Waals surface area contributed by atoms with Crippen molar-refractivity contribution < 1.29 is 4.74 Å². The molecule has 1 aliphatic carbocycles. The van der Waals surface area contributed by atoms with Gasteiger partial charge in [0.05, 0.1) is 11.4 Å². The molecule has 0 aliphatic heterocycles. The molecular weight excluding hydrogens is 409 g/mol. The molecule has 172 valence electrons. The third kappa shape index (κ3) is 5.70. The molecule has 1 fully saturated rings. The van der Waals surface area contributed by atoms with Crippen LogP contribution in [0.25, 0.3) is 0 Å². The van der Waals surface area contributed by atoms with Gasteiger partial charge < -0.3 is 4.74 Å². The first-order chi connectivity index (χ1) is 12.9. The zero-order valence-electron chi connectivity index (χ0n) is 21.3. The highest BCUT2D eigenvalue weighted by Gasteiger charge is 2.50. The molecule has 1 nitrogen and oxygen atoms in total. The summed E-state index contributed by atoms with van der Waals surface area (Å²) >= 11 is 0. The van der Waals surface area contributed by atoms with Crippen LogP contribution >= 0.6 is 20.7 Å². The van der Waals surface area contributed by atoms with Crippen molar-refractivity contribution in [2.45, 2.75) is 73.8 Å². The van der Waals surface area contributed by atoms with Crippen LogP contribution in [0.15, 0.2) is 12.2 Å². The summed E-state index contributed by atoms with van der Waals surface area (Å²) in [4.78, 5) is 0. The van der Waals surface area contributed by atoms with Crippen molar-refractivity contribution in [3.8, 4) is 0 Å². The minimum atomic E-state index is -1.67. The van der Waals surface area contributed by atoms with E-state index in [0.717, 1.165) is 0 Å². The van der Waals surface area contributed by atoms with E-state index in [1.54, 1.807) is 0 Å². The first-order valence-corrected chi connectivity index (χ1v) is 19.1. The molecule has 0 aromatic heterocycles. The molecule has 5 atom stereocenters. The van der Waals surface area contributed by atoms with Crippen LogP contribution in [0.3, 0.4) is 0 Å². The molecule has 2 unspecified atom stereocenters. The van der Waals surface area contributed by atoms with Crippen molar-refractivity contribution in [3.05, 3.63) is 12.2 Å². The molecule has 1 rings (SSSR count). The summed E-state index contributed by atoms with van der Waals surface area (Å²) in [5, 5.41) is -0.240. The van der Waals surface area contributed by atoms with Gasteiger partial charge in [0.25, 0.3) is 0 Å². The van der Waals surface area contributed by atoms with E-state index in [-0.39, 0.29) is 16.9 Å². The molecule has 4 heteroatoms. The van der Waals surface area contributed by atoms with E-state index in [4.69, 9.17) is 17.3 Å². The fraction of sp³-hybridized carbons (Fsp3) is 0.800. The van der Waals surface area contributed by atoms with Crippen molar-refractivity contribution in [2.75, 3.05) is 37.0 Å². The van der Waals surface area contributed by atoms with Gasteiger partial charge in [0, 0.05) is 0 Å². The van der Waals surface area contributed by atoms with E-state index < -0.39 is 20.7 Å². The van der Waals surface area contributed by atoms with Crippen LogP contribution in [0.1, 0.15) is 62.3 Å². The van der Waals surface area contributed by atoms with Gasteiger partial charge in [-0.1, -0.05) is 68.2 Å². The normalized spacial score (nSPS) is 29.4. The third-order valence-corrected chi connectivity index (χ3v) is 24.6.